The second-order valence-corrected chi connectivity index (χ2v) is 4.75. The fourth-order valence-corrected chi connectivity index (χ4v) is 1.58. The minimum Gasteiger partial charge on any atom is -0.354 e. The third-order valence-corrected chi connectivity index (χ3v) is 2.75. The zero-order chi connectivity index (χ0) is 14.3. The quantitative estimate of drug-likeness (QED) is 0.839. The van der Waals surface area contributed by atoms with Gasteiger partial charge in [0.1, 0.15) is 0 Å². The van der Waals surface area contributed by atoms with Gasteiger partial charge in [-0.05, 0) is 11.6 Å². The first-order valence-corrected chi connectivity index (χ1v) is 6.43. The number of carbonyl (C=O) groups is 2. The second-order valence-electron chi connectivity index (χ2n) is 4.75. The van der Waals surface area contributed by atoms with Crippen molar-refractivity contribution >= 4 is 11.8 Å². The third-order valence-electron chi connectivity index (χ3n) is 2.75. The highest BCUT2D eigenvalue weighted by molar-refractivity contribution is 5.78. The summed E-state index contributed by atoms with van der Waals surface area (Å²) in [6.45, 7) is 6.70. The number of aromatic nitrogens is 1. The van der Waals surface area contributed by atoms with Crippen LogP contribution in [0.2, 0.25) is 0 Å². The molecular formula is C14H21N3O2. The maximum absolute atomic E-state index is 11.6. The Hall–Kier alpha value is -1.91. The smallest absolute Gasteiger partial charge is 0.222 e. The van der Waals surface area contributed by atoms with E-state index in [0.29, 0.717) is 19.6 Å². The fraction of sp³-hybridized carbons (Fsp3) is 0.500. The molecule has 0 spiro atoms. The second kappa shape index (κ2) is 7.51. The Labute approximate surface area is 114 Å². The molecule has 5 nitrogen and oxygen atoms in total. The van der Waals surface area contributed by atoms with Crippen molar-refractivity contribution in [2.45, 2.75) is 27.3 Å². The molecule has 1 N–H and O–H groups in total. The number of nitrogens with zero attached hydrogens (tertiary/aromatic N) is 2. The number of carbonyl (C=O) groups excluding carboxylic acids is 2. The molecule has 0 aliphatic heterocycles. The van der Waals surface area contributed by atoms with Crippen molar-refractivity contribution in [1.29, 1.82) is 0 Å². The lowest BCUT2D eigenvalue weighted by Crippen LogP contribution is -2.38. The lowest BCUT2D eigenvalue weighted by atomic mass is 10.2. The van der Waals surface area contributed by atoms with Crippen LogP contribution in [0.1, 0.15) is 26.3 Å². The summed E-state index contributed by atoms with van der Waals surface area (Å²) in [6.07, 6.45) is 3.44. The molecule has 1 aromatic rings. The molecule has 0 aliphatic carbocycles. The highest BCUT2D eigenvalue weighted by Crippen LogP contribution is 2.02. The number of amides is 2. The average Bonchev–Trinajstić information content (AvgIpc) is 2.38. The maximum atomic E-state index is 11.6. The van der Waals surface area contributed by atoms with E-state index >= 15 is 0 Å². The summed E-state index contributed by atoms with van der Waals surface area (Å²) < 4.78 is 0. The Morgan fingerprint density at radius 2 is 2.16 bits per heavy atom. The normalized spacial score (nSPS) is 10.3. The number of pyridine rings is 1. The van der Waals surface area contributed by atoms with Crippen molar-refractivity contribution in [2.75, 3.05) is 13.1 Å². The van der Waals surface area contributed by atoms with Crippen LogP contribution >= 0.6 is 0 Å². The van der Waals surface area contributed by atoms with Crippen LogP contribution < -0.4 is 5.32 Å². The standard InChI is InChI=1S/C14H21N3O2/c1-11(2)14(19)16-7-8-17(12(3)18)10-13-5-4-6-15-9-13/h4-6,9,11H,7-8,10H2,1-3H3,(H,16,19). The van der Waals surface area contributed by atoms with Crippen molar-refractivity contribution in [3.05, 3.63) is 30.1 Å². The van der Waals surface area contributed by atoms with E-state index < -0.39 is 0 Å². The molecule has 104 valence electrons. The van der Waals surface area contributed by atoms with Gasteiger partial charge in [-0.3, -0.25) is 14.6 Å². The molecule has 0 unspecified atom stereocenters. The average molecular weight is 263 g/mol. The molecule has 0 saturated carbocycles. The van der Waals surface area contributed by atoms with Gasteiger partial charge in [0.15, 0.2) is 0 Å². The van der Waals surface area contributed by atoms with Gasteiger partial charge >= 0.3 is 0 Å². The van der Waals surface area contributed by atoms with E-state index in [0.717, 1.165) is 5.56 Å². The molecule has 0 aliphatic rings. The van der Waals surface area contributed by atoms with Gasteiger partial charge < -0.3 is 10.2 Å². The van der Waals surface area contributed by atoms with E-state index in [2.05, 4.69) is 10.3 Å². The molecule has 0 aromatic carbocycles. The summed E-state index contributed by atoms with van der Waals surface area (Å²) >= 11 is 0. The molecule has 0 fully saturated rings. The summed E-state index contributed by atoms with van der Waals surface area (Å²) in [4.78, 5) is 28.7. The van der Waals surface area contributed by atoms with Crippen molar-refractivity contribution in [3.8, 4) is 0 Å². The third kappa shape index (κ3) is 5.50. The van der Waals surface area contributed by atoms with Crippen LogP contribution in [-0.4, -0.2) is 34.8 Å². The van der Waals surface area contributed by atoms with Gasteiger partial charge in [-0.15, -0.1) is 0 Å². The Balaban J connectivity index is 2.46. The highest BCUT2D eigenvalue weighted by Gasteiger charge is 2.11. The monoisotopic (exact) mass is 263 g/mol. The molecular weight excluding hydrogens is 242 g/mol. The van der Waals surface area contributed by atoms with Gasteiger partial charge in [-0.2, -0.15) is 0 Å². The molecule has 0 atom stereocenters. The van der Waals surface area contributed by atoms with E-state index in [4.69, 9.17) is 0 Å². The summed E-state index contributed by atoms with van der Waals surface area (Å²) in [6, 6.07) is 3.77. The minimum atomic E-state index is -0.0379. The number of hydrogen-bond acceptors (Lipinski definition) is 3. The lowest BCUT2D eigenvalue weighted by Gasteiger charge is -2.21. The minimum absolute atomic E-state index is 0.00452. The first-order valence-electron chi connectivity index (χ1n) is 6.43. The molecule has 19 heavy (non-hydrogen) atoms. The number of nitrogens with one attached hydrogen (secondary N) is 1. The van der Waals surface area contributed by atoms with Crippen molar-refractivity contribution in [2.24, 2.45) is 5.92 Å². The molecule has 1 heterocycles. The lowest BCUT2D eigenvalue weighted by molar-refractivity contribution is -0.130. The largest absolute Gasteiger partial charge is 0.354 e. The van der Waals surface area contributed by atoms with E-state index in [9.17, 15) is 9.59 Å². The SMILES string of the molecule is CC(=O)N(CCNC(=O)C(C)C)Cc1cccnc1. The highest BCUT2D eigenvalue weighted by atomic mass is 16.2. The molecule has 1 aromatic heterocycles. The summed E-state index contributed by atoms with van der Waals surface area (Å²) in [5.74, 6) is -0.0448. The Bertz CT molecular complexity index is 418. The molecule has 0 radical (unpaired) electrons. The molecule has 0 bridgehead atoms. The Kier molecular flexibility index (Phi) is 5.99. The van der Waals surface area contributed by atoms with Crippen LogP contribution in [-0.2, 0) is 16.1 Å². The van der Waals surface area contributed by atoms with Crippen LogP contribution in [0.4, 0.5) is 0 Å². The van der Waals surface area contributed by atoms with Crippen molar-refractivity contribution < 1.29 is 9.59 Å². The Morgan fingerprint density at radius 3 is 2.68 bits per heavy atom. The van der Waals surface area contributed by atoms with Gasteiger partial charge in [0.2, 0.25) is 11.8 Å². The number of rotatable bonds is 6. The van der Waals surface area contributed by atoms with Crippen LogP contribution in [0.15, 0.2) is 24.5 Å². The molecule has 5 heteroatoms. The zero-order valence-electron chi connectivity index (χ0n) is 11.7. The van der Waals surface area contributed by atoms with Gasteiger partial charge in [-0.25, -0.2) is 0 Å². The van der Waals surface area contributed by atoms with Crippen molar-refractivity contribution in [3.63, 3.8) is 0 Å². The summed E-state index contributed by atoms with van der Waals surface area (Å²) in [5.41, 5.74) is 0.980. The van der Waals surface area contributed by atoms with Gasteiger partial charge in [0.05, 0.1) is 0 Å². The van der Waals surface area contributed by atoms with Crippen LogP contribution in [0.3, 0.4) is 0 Å². The molecule has 1 rings (SSSR count). The van der Waals surface area contributed by atoms with Crippen molar-refractivity contribution in [1.82, 2.24) is 15.2 Å². The topological polar surface area (TPSA) is 62.3 Å². The van der Waals surface area contributed by atoms with Gasteiger partial charge in [0, 0.05) is 44.9 Å². The summed E-state index contributed by atoms with van der Waals surface area (Å²) in [7, 11) is 0. The Morgan fingerprint density at radius 1 is 1.42 bits per heavy atom. The van der Waals surface area contributed by atoms with E-state index in [1.54, 1.807) is 17.3 Å². The predicted molar refractivity (Wildman–Crippen MR) is 73.2 cm³/mol. The van der Waals surface area contributed by atoms with E-state index in [1.807, 2.05) is 26.0 Å². The maximum Gasteiger partial charge on any atom is 0.222 e. The predicted octanol–water partition coefficient (Wildman–Crippen LogP) is 1.20. The number of hydrogen-bond donors (Lipinski definition) is 1. The first-order chi connectivity index (χ1) is 9.00. The van der Waals surface area contributed by atoms with Crippen LogP contribution in [0.5, 0.6) is 0 Å². The van der Waals surface area contributed by atoms with Gasteiger partial charge in [0.25, 0.3) is 0 Å². The summed E-state index contributed by atoms with van der Waals surface area (Å²) in [5, 5.41) is 2.80. The van der Waals surface area contributed by atoms with Crippen LogP contribution in [0, 0.1) is 5.92 Å². The first kappa shape index (κ1) is 15.1. The van der Waals surface area contributed by atoms with Gasteiger partial charge in [-0.1, -0.05) is 19.9 Å². The zero-order valence-corrected chi connectivity index (χ0v) is 11.7. The fourth-order valence-electron chi connectivity index (χ4n) is 1.58. The van der Waals surface area contributed by atoms with Crippen LogP contribution in [0.25, 0.3) is 0 Å². The van der Waals surface area contributed by atoms with E-state index in [-0.39, 0.29) is 17.7 Å². The van der Waals surface area contributed by atoms with E-state index in [1.165, 1.54) is 6.92 Å². The molecule has 2 amide bonds. The molecule has 0 saturated heterocycles.